The van der Waals surface area contributed by atoms with Crippen LogP contribution in [0.2, 0.25) is 0 Å². The Bertz CT molecular complexity index is 213. The molecule has 0 heterocycles. The lowest BCUT2D eigenvalue weighted by Gasteiger charge is -2.11. The molecular weight excluding hydrogens is 143 g/mol. The van der Waals surface area contributed by atoms with Crippen molar-refractivity contribution in [1.82, 2.24) is 0 Å². The van der Waals surface area contributed by atoms with Crippen LogP contribution in [0.3, 0.4) is 0 Å². The summed E-state index contributed by atoms with van der Waals surface area (Å²) in [4.78, 5) is 0. The van der Waals surface area contributed by atoms with Gasteiger partial charge in [0.25, 0.3) is 0 Å². The van der Waals surface area contributed by atoms with E-state index in [0.717, 1.165) is 12.5 Å². The minimum atomic E-state index is -2.10. The molecule has 0 aliphatic heterocycles. The zero-order valence-corrected chi connectivity index (χ0v) is 6.42. The van der Waals surface area contributed by atoms with Crippen molar-refractivity contribution in [1.29, 1.82) is 0 Å². The minimum absolute atomic E-state index is 0.0494. The second-order valence-electron chi connectivity index (χ2n) is 2.80. The quantitative estimate of drug-likeness (QED) is 0.689. The fraction of sp³-hybridized carbons (Fsp3) is 0.333. The average molecular weight is 154 g/mol. The monoisotopic (exact) mass is 154 g/mol. The molecule has 11 heavy (non-hydrogen) atoms. The minimum Gasteiger partial charge on any atom is -0.362 e. The molecule has 0 aromatic heterocycles. The van der Waals surface area contributed by atoms with Gasteiger partial charge in [-0.05, 0) is 12.5 Å². The SMILES string of the molecule is CC(O)(F)Cc1ccccc1. The molecule has 60 valence electrons. The van der Waals surface area contributed by atoms with E-state index in [2.05, 4.69) is 0 Å². The third-order valence-electron chi connectivity index (χ3n) is 1.37. The maximum absolute atomic E-state index is 12.6. The van der Waals surface area contributed by atoms with Crippen molar-refractivity contribution in [3.05, 3.63) is 35.9 Å². The van der Waals surface area contributed by atoms with Crippen molar-refractivity contribution in [2.75, 3.05) is 0 Å². The highest BCUT2D eigenvalue weighted by atomic mass is 19.2. The fourth-order valence-corrected chi connectivity index (χ4v) is 0.968. The van der Waals surface area contributed by atoms with E-state index >= 15 is 0 Å². The van der Waals surface area contributed by atoms with Crippen molar-refractivity contribution in [3.63, 3.8) is 0 Å². The largest absolute Gasteiger partial charge is 0.362 e. The van der Waals surface area contributed by atoms with Crippen LogP contribution in [0.15, 0.2) is 30.3 Å². The topological polar surface area (TPSA) is 20.2 Å². The lowest BCUT2D eigenvalue weighted by molar-refractivity contribution is -0.0688. The average Bonchev–Trinajstić information content (AvgIpc) is 1.85. The van der Waals surface area contributed by atoms with E-state index in [1.165, 1.54) is 0 Å². The highest BCUT2D eigenvalue weighted by Crippen LogP contribution is 2.13. The number of halogens is 1. The summed E-state index contributed by atoms with van der Waals surface area (Å²) in [5.74, 6) is -2.10. The summed E-state index contributed by atoms with van der Waals surface area (Å²) in [6.07, 6.45) is 0.0494. The van der Waals surface area contributed by atoms with Gasteiger partial charge in [0.2, 0.25) is 5.85 Å². The fourth-order valence-electron chi connectivity index (χ4n) is 0.968. The van der Waals surface area contributed by atoms with Gasteiger partial charge in [-0.2, -0.15) is 0 Å². The van der Waals surface area contributed by atoms with E-state index in [1.807, 2.05) is 18.2 Å². The lowest BCUT2D eigenvalue weighted by Crippen LogP contribution is -2.19. The van der Waals surface area contributed by atoms with Gasteiger partial charge < -0.3 is 5.11 Å². The summed E-state index contributed by atoms with van der Waals surface area (Å²) >= 11 is 0. The Kier molecular flexibility index (Phi) is 2.25. The second-order valence-corrected chi connectivity index (χ2v) is 2.80. The van der Waals surface area contributed by atoms with Gasteiger partial charge in [0.1, 0.15) is 0 Å². The molecule has 0 bridgehead atoms. The van der Waals surface area contributed by atoms with Crippen molar-refractivity contribution in [2.45, 2.75) is 19.2 Å². The van der Waals surface area contributed by atoms with Crippen LogP contribution in [0.5, 0.6) is 0 Å². The van der Waals surface area contributed by atoms with Crippen molar-refractivity contribution < 1.29 is 9.50 Å². The van der Waals surface area contributed by atoms with Crippen LogP contribution in [0.25, 0.3) is 0 Å². The number of benzene rings is 1. The lowest BCUT2D eigenvalue weighted by atomic mass is 10.1. The molecule has 1 aromatic rings. The van der Waals surface area contributed by atoms with Crippen LogP contribution in [0, 0.1) is 0 Å². The first kappa shape index (κ1) is 8.21. The summed E-state index contributed by atoms with van der Waals surface area (Å²) in [6, 6.07) is 9.07. The Morgan fingerprint density at radius 1 is 1.36 bits per heavy atom. The van der Waals surface area contributed by atoms with Gasteiger partial charge in [0.15, 0.2) is 0 Å². The first-order valence-electron chi connectivity index (χ1n) is 3.53. The standard InChI is InChI=1S/C9H11FO/c1-9(10,11)7-8-5-3-2-4-6-8/h2-6,11H,7H2,1H3. The molecule has 1 nitrogen and oxygen atoms in total. The number of alkyl halides is 1. The molecule has 0 amide bonds. The molecule has 2 heteroatoms. The van der Waals surface area contributed by atoms with Crippen LogP contribution < -0.4 is 0 Å². The molecule has 0 saturated heterocycles. The number of hydrogen-bond donors (Lipinski definition) is 1. The van der Waals surface area contributed by atoms with E-state index < -0.39 is 5.85 Å². The third-order valence-corrected chi connectivity index (χ3v) is 1.37. The van der Waals surface area contributed by atoms with Crippen molar-refractivity contribution >= 4 is 0 Å². The predicted octanol–water partition coefficient (Wildman–Crippen LogP) is 1.91. The maximum atomic E-state index is 12.6. The van der Waals surface area contributed by atoms with Gasteiger partial charge >= 0.3 is 0 Å². The number of rotatable bonds is 2. The molecule has 1 unspecified atom stereocenters. The Hall–Kier alpha value is -0.890. The molecule has 0 spiro atoms. The first-order chi connectivity index (χ1) is 5.08. The highest BCUT2D eigenvalue weighted by Gasteiger charge is 2.17. The molecule has 1 aromatic carbocycles. The summed E-state index contributed by atoms with van der Waals surface area (Å²) in [5, 5.41) is 8.80. The first-order valence-corrected chi connectivity index (χ1v) is 3.53. The van der Waals surface area contributed by atoms with Crippen LogP contribution in [0.4, 0.5) is 4.39 Å². The van der Waals surface area contributed by atoms with Crippen LogP contribution >= 0.6 is 0 Å². The smallest absolute Gasteiger partial charge is 0.207 e. The molecule has 0 aliphatic rings. The molecule has 0 fully saturated rings. The van der Waals surface area contributed by atoms with Gasteiger partial charge in [0.05, 0.1) is 0 Å². The van der Waals surface area contributed by atoms with E-state index in [9.17, 15) is 4.39 Å². The van der Waals surface area contributed by atoms with E-state index in [1.54, 1.807) is 12.1 Å². The van der Waals surface area contributed by atoms with Gasteiger partial charge in [-0.25, -0.2) is 4.39 Å². The van der Waals surface area contributed by atoms with Gasteiger partial charge in [-0.3, -0.25) is 0 Å². The summed E-state index contributed by atoms with van der Waals surface area (Å²) in [7, 11) is 0. The molecule has 0 radical (unpaired) electrons. The summed E-state index contributed by atoms with van der Waals surface area (Å²) in [5.41, 5.74) is 0.806. The van der Waals surface area contributed by atoms with Crippen molar-refractivity contribution in [2.24, 2.45) is 0 Å². The van der Waals surface area contributed by atoms with Crippen LogP contribution in [-0.4, -0.2) is 11.0 Å². The molecule has 1 N–H and O–H groups in total. The van der Waals surface area contributed by atoms with E-state index in [4.69, 9.17) is 5.11 Å². The van der Waals surface area contributed by atoms with Crippen LogP contribution in [-0.2, 0) is 6.42 Å². The van der Waals surface area contributed by atoms with E-state index in [0.29, 0.717) is 0 Å². The molecule has 1 atom stereocenters. The second kappa shape index (κ2) is 3.01. The highest BCUT2D eigenvalue weighted by molar-refractivity contribution is 5.15. The Balaban J connectivity index is 2.66. The Morgan fingerprint density at radius 2 is 1.91 bits per heavy atom. The zero-order chi connectivity index (χ0) is 8.32. The van der Waals surface area contributed by atoms with Gasteiger partial charge in [-0.15, -0.1) is 0 Å². The molecule has 0 saturated carbocycles. The molecular formula is C9H11FO. The van der Waals surface area contributed by atoms with Crippen LogP contribution in [0.1, 0.15) is 12.5 Å². The summed E-state index contributed by atoms with van der Waals surface area (Å²) < 4.78 is 12.6. The Labute approximate surface area is 65.5 Å². The normalized spacial score (nSPS) is 15.9. The van der Waals surface area contributed by atoms with E-state index in [-0.39, 0.29) is 6.42 Å². The predicted molar refractivity (Wildman–Crippen MR) is 41.9 cm³/mol. The zero-order valence-electron chi connectivity index (χ0n) is 6.42. The summed E-state index contributed by atoms with van der Waals surface area (Å²) in [6.45, 7) is 1.15. The Morgan fingerprint density at radius 3 is 2.36 bits per heavy atom. The van der Waals surface area contributed by atoms with Crippen molar-refractivity contribution in [3.8, 4) is 0 Å². The van der Waals surface area contributed by atoms with Gasteiger partial charge in [0, 0.05) is 6.42 Å². The number of aliphatic hydroxyl groups is 1. The van der Waals surface area contributed by atoms with Gasteiger partial charge in [-0.1, -0.05) is 30.3 Å². The molecule has 0 aliphatic carbocycles. The molecule has 1 rings (SSSR count). The third kappa shape index (κ3) is 3.14. The number of hydrogen-bond acceptors (Lipinski definition) is 1. The maximum Gasteiger partial charge on any atom is 0.207 e.